The van der Waals surface area contributed by atoms with Gasteiger partial charge in [0.1, 0.15) is 6.10 Å². The lowest BCUT2D eigenvalue weighted by Gasteiger charge is -2.09. The number of methoxy groups -OCH3 is 2. The third-order valence-corrected chi connectivity index (χ3v) is 2.93. The predicted octanol–water partition coefficient (Wildman–Crippen LogP) is 0.434. The van der Waals surface area contributed by atoms with E-state index >= 15 is 0 Å². The van der Waals surface area contributed by atoms with Gasteiger partial charge < -0.3 is 14.8 Å². The molecular formula is C10H19NO4S. The first-order chi connectivity index (χ1) is 7.61. The zero-order valence-corrected chi connectivity index (χ0v) is 10.8. The molecule has 16 heavy (non-hydrogen) atoms. The first-order valence-electron chi connectivity index (χ1n) is 5.07. The average Bonchev–Trinajstić information content (AvgIpc) is 2.31. The number of carbonyl (C=O) groups excluding carboxylic acids is 2. The fourth-order valence-corrected chi connectivity index (χ4v) is 1.62. The molecule has 0 bridgehead atoms. The fraction of sp³-hybridized carbons (Fsp3) is 0.800. The summed E-state index contributed by atoms with van der Waals surface area (Å²) in [7, 11) is 2.87. The first kappa shape index (κ1) is 15.2. The third-order valence-electron chi connectivity index (χ3n) is 1.95. The smallest absolute Gasteiger partial charge is 0.306 e. The lowest BCUT2D eigenvalue weighted by Crippen LogP contribution is -2.35. The van der Waals surface area contributed by atoms with Gasteiger partial charge in [0.2, 0.25) is 5.91 Å². The summed E-state index contributed by atoms with van der Waals surface area (Å²) >= 11 is 1.60. The molecular weight excluding hydrogens is 230 g/mol. The van der Waals surface area contributed by atoms with E-state index in [4.69, 9.17) is 4.74 Å². The van der Waals surface area contributed by atoms with Gasteiger partial charge in [-0.05, 0) is 6.92 Å². The van der Waals surface area contributed by atoms with Gasteiger partial charge in [-0.25, -0.2) is 0 Å². The van der Waals surface area contributed by atoms with Gasteiger partial charge in [0.05, 0.1) is 13.5 Å². The van der Waals surface area contributed by atoms with Crippen LogP contribution in [0.25, 0.3) is 0 Å². The molecule has 0 saturated carbocycles. The number of amides is 1. The molecule has 1 atom stereocenters. The molecule has 0 heterocycles. The van der Waals surface area contributed by atoms with Crippen LogP contribution in [0, 0.1) is 0 Å². The van der Waals surface area contributed by atoms with Gasteiger partial charge in [0, 0.05) is 25.2 Å². The average molecular weight is 249 g/mol. The van der Waals surface area contributed by atoms with Crippen molar-refractivity contribution in [1.29, 1.82) is 0 Å². The van der Waals surface area contributed by atoms with Crippen LogP contribution in [0.4, 0.5) is 0 Å². The molecule has 0 fully saturated rings. The Morgan fingerprint density at radius 3 is 2.56 bits per heavy atom. The number of nitrogens with one attached hydrogen (secondary N) is 1. The molecule has 0 spiro atoms. The van der Waals surface area contributed by atoms with Gasteiger partial charge in [-0.3, -0.25) is 9.59 Å². The zero-order valence-electron chi connectivity index (χ0n) is 9.95. The maximum atomic E-state index is 11.2. The quantitative estimate of drug-likeness (QED) is 0.499. The first-order valence-corrected chi connectivity index (χ1v) is 6.22. The molecule has 94 valence electrons. The van der Waals surface area contributed by atoms with Crippen LogP contribution >= 0.6 is 11.8 Å². The summed E-state index contributed by atoms with van der Waals surface area (Å²) in [5.74, 6) is 1.17. The molecule has 5 nitrogen and oxygen atoms in total. The fourth-order valence-electron chi connectivity index (χ4n) is 0.857. The Labute approximate surface area is 100 Å². The molecule has 1 amide bonds. The zero-order chi connectivity index (χ0) is 12.4. The van der Waals surface area contributed by atoms with Crippen LogP contribution in [-0.2, 0) is 19.1 Å². The molecule has 0 unspecified atom stereocenters. The molecule has 0 rings (SSSR count). The molecule has 0 saturated heterocycles. The second-order valence-electron chi connectivity index (χ2n) is 3.11. The number of carbonyl (C=O) groups is 2. The Balaban J connectivity index is 3.33. The third kappa shape index (κ3) is 7.53. The SMILES string of the molecule is COC(=O)CCSCCNC(=O)[C@H](C)OC. The largest absolute Gasteiger partial charge is 0.469 e. The van der Waals surface area contributed by atoms with Crippen molar-refractivity contribution in [2.45, 2.75) is 19.4 Å². The van der Waals surface area contributed by atoms with Crippen LogP contribution in [0.3, 0.4) is 0 Å². The van der Waals surface area contributed by atoms with Gasteiger partial charge in [-0.2, -0.15) is 11.8 Å². The number of rotatable bonds is 8. The van der Waals surface area contributed by atoms with Crippen LogP contribution in [-0.4, -0.2) is 50.3 Å². The minimum absolute atomic E-state index is 0.115. The summed E-state index contributed by atoms with van der Waals surface area (Å²) < 4.78 is 9.36. The summed E-state index contributed by atoms with van der Waals surface area (Å²) in [6, 6.07) is 0. The summed E-state index contributed by atoms with van der Waals surface area (Å²) in [6.45, 7) is 2.28. The lowest BCUT2D eigenvalue weighted by atomic mass is 10.4. The van der Waals surface area contributed by atoms with E-state index in [1.807, 2.05) is 0 Å². The van der Waals surface area contributed by atoms with E-state index in [9.17, 15) is 9.59 Å². The van der Waals surface area contributed by atoms with Crippen molar-refractivity contribution < 1.29 is 19.1 Å². The highest BCUT2D eigenvalue weighted by Gasteiger charge is 2.09. The number of ether oxygens (including phenoxy) is 2. The predicted molar refractivity (Wildman–Crippen MR) is 63.4 cm³/mol. The Bertz CT molecular complexity index is 223. The Morgan fingerprint density at radius 1 is 1.31 bits per heavy atom. The second-order valence-corrected chi connectivity index (χ2v) is 4.33. The maximum Gasteiger partial charge on any atom is 0.306 e. The number of hydrogen-bond donors (Lipinski definition) is 1. The van der Waals surface area contributed by atoms with E-state index < -0.39 is 6.10 Å². The molecule has 1 N–H and O–H groups in total. The van der Waals surface area contributed by atoms with E-state index in [2.05, 4.69) is 10.1 Å². The lowest BCUT2D eigenvalue weighted by molar-refractivity contribution is -0.140. The highest BCUT2D eigenvalue weighted by Crippen LogP contribution is 2.01. The summed E-state index contributed by atoms with van der Waals surface area (Å²) in [5, 5.41) is 2.73. The topological polar surface area (TPSA) is 64.6 Å². The van der Waals surface area contributed by atoms with Crippen molar-refractivity contribution in [1.82, 2.24) is 5.32 Å². The minimum atomic E-state index is -0.417. The molecule has 0 aromatic carbocycles. The van der Waals surface area contributed by atoms with Crippen LogP contribution in [0.1, 0.15) is 13.3 Å². The van der Waals surface area contributed by atoms with Crippen LogP contribution in [0.5, 0.6) is 0 Å². The molecule has 0 aromatic heterocycles. The Morgan fingerprint density at radius 2 is 2.00 bits per heavy atom. The van der Waals surface area contributed by atoms with E-state index in [-0.39, 0.29) is 11.9 Å². The van der Waals surface area contributed by atoms with Gasteiger partial charge in [-0.15, -0.1) is 0 Å². The van der Waals surface area contributed by atoms with Crippen molar-refractivity contribution in [2.24, 2.45) is 0 Å². The number of thioether (sulfide) groups is 1. The van der Waals surface area contributed by atoms with Crippen molar-refractivity contribution in [3.8, 4) is 0 Å². The Kier molecular flexibility index (Phi) is 9.03. The van der Waals surface area contributed by atoms with E-state index in [0.29, 0.717) is 18.7 Å². The van der Waals surface area contributed by atoms with E-state index in [1.165, 1.54) is 14.2 Å². The summed E-state index contributed by atoms with van der Waals surface area (Å²) in [5.41, 5.74) is 0. The van der Waals surface area contributed by atoms with Gasteiger partial charge in [-0.1, -0.05) is 0 Å². The van der Waals surface area contributed by atoms with E-state index in [0.717, 1.165) is 5.75 Å². The van der Waals surface area contributed by atoms with Crippen molar-refractivity contribution >= 4 is 23.6 Å². The van der Waals surface area contributed by atoms with Crippen molar-refractivity contribution in [2.75, 3.05) is 32.3 Å². The number of hydrogen-bond acceptors (Lipinski definition) is 5. The van der Waals surface area contributed by atoms with E-state index in [1.54, 1.807) is 18.7 Å². The molecule has 0 aliphatic heterocycles. The molecule has 0 aromatic rings. The van der Waals surface area contributed by atoms with Crippen LogP contribution < -0.4 is 5.32 Å². The van der Waals surface area contributed by atoms with Crippen molar-refractivity contribution in [3.63, 3.8) is 0 Å². The van der Waals surface area contributed by atoms with Gasteiger partial charge in [0.15, 0.2) is 0 Å². The molecule has 0 aliphatic carbocycles. The van der Waals surface area contributed by atoms with Crippen LogP contribution in [0.15, 0.2) is 0 Å². The second kappa shape index (κ2) is 9.47. The standard InChI is InChI=1S/C10H19NO4S/c1-8(14-2)10(13)11-5-7-16-6-4-9(12)15-3/h8H,4-7H2,1-3H3,(H,11,13)/t8-/m0/s1. The van der Waals surface area contributed by atoms with Crippen LogP contribution in [0.2, 0.25) is 0 Å². The number of esters is 1. The highest BCUT2D eigenvalue weighted by molar-refractivity contribution is 7.99. The van der Waals surface area contributed by atoms with Crippen molar-refractivity contribution in [3.05, 3.63) is 0 Å². The maximum absolute atomic E-state index is 11.2. The molecule has 0 aliphatic rings. The Hall–Kier alpha value is -0.750. The monoisotopic (exact) mass is 249 g/mol. The summed E-state index contributed by atoms with van der Waals surface area (Å²) in [6.07, 6.45) is -0.0103. The molecule has 0 radical (unpaired) electrons. The molecule has 6 heteroatoms. The van der Waals surface area contributed by atoms with Gasteiger partial charge in [0.25, 0.3) is 0 Å². The highest BCUT2D eigenvalue weighted by atomic mass is 32.2. The minimum Gasteiger partial charge on any atom is -0.469 e. The summed E-state index contributed by atoms with van der Waals surface area (Å²) in [4.78, 5) is 22.0. The van der Waals surface area contributed by atoms with Gasteiger partial charge >= 0.3 is 5.97 Å². The normalized spacial score (nSPS) is 11.9.